The highest BCUT2D eigenvalue weighted by atomic mass is 16.4. The SMILES string of the molecule is C=CCCNC(=O)NC(CC(N)=O)C(=O)O. The predicted molar refractivity (Wildman–Crippen MR) is 56.6 cm³/mol. The van der Waals surface area contributed by atoms with Gasteiger partial charge in [-0.05, 0) is 6.42 Å². The Morgan fingerprint density at radius 3 is 2.50 bits per heavy atom. The smallest absolute Gasteiger partial charge is 0.326 e. The lowest BCUT2D eigenvalue weighted by molar-refractivity contribution is -0.140. The first-order valence-corrected chi connectivity index (χ1v) is 4.63. The molecule has 0 radical (unpaired) electrons. The van der Waals surface area contributed by atoms with Crippen molar-refractivity contribution < 1.29 is 19.5 Å². The summed E-state index contributed by atoms with van der Waals surface area (Å²) in [6.07, 6.45) is 1.74. The van der Waals surface area contributed by atoms with E-state index in [4.69, 9.17) is 10.8 Å². The van der Waals surface area contributed by atoms with Gasteiger partial charge in [-0.25, -0.2) is 9.59 Å². The first-order chi connectivity index (χ1) is 7.47. The number of nitrogens with two attached hydrogens (primary N) is 1. The Kier molecular flexibility index (Phi) is 6.34. The lowest BCUT2D eigenvalue weighted by Crippen LogP contribution is -2.47. The highest BCUT2D eigenvalue weighted by molar-refractivity contribution is 5.87. The summed E-state index contributed by atoms with van der Waals surface area (Å²) in [5.74, 6) is -2.10. The number of amides is 3. The molecule has 7 heteroatoms. The number of nitrogens with one attached hydrogen (secondary N) is 2. The molecule has 0 spiro atoms. The number of carbonyl (C=O) groups excluding carboxylic acids is 2. The van der Waals surface area contributed by atoms with Crippen molar-refractivity contribution in [3.63, 3.8) is 0 Å². The lowest BCUT2D eigenvalue weighted by Gasteiger charge is -2.13. The van der Waals surface area contributed by atoms with Gasteiger partial charge >= 0.3 is 12.0 Å². The molecule has 0 fully saturated rings. The van der Waals surface area contributed by atoms with Crippen LogP contribution >= 0.6 is 0 Å². The Morgan fingerprint density at radius 2 is 2.06 bits per heavy atom. The normalized spacial score (nSPS) is 11.2. The number of rotatable bonds is 7. The maximum Gasteiger partial charge on any atom is 0.326 e. The van der Waals surface area contributed by atoms with E-state index in [0.717, 1.165) is 0 Å². The monoisotopic (exact) mass is 229 g/mol. The topological polar surface area (TPSA) is 122 Å². The molecule has 0 heterocycles. The van der Waals surface area contributed by atoms with Gasteiger partial charge in [0.25, 0.3) is 0 Å². The number of carboxylic acids is 1. The summed E-state index contributed by atoms with van der Waals surface area (Å²) < 4.78 is 0. The third-order valence-electron chi connectivity index (χ3n) is 1.64. The van der Waals surface area contributed by atoms with Gasteiger partial charge in [-0.15, -0.1) is 6.58 Å². The molecule has 0 aromatic rings. The van der Waals surface area contributed by atoms with Gasteiger partial charge in [0.15, 0.2) is 0 Å². The molecule has 16 heavy (non-hydrogen) atoms. The van der Waals surface area contributed by atoms with Gasteiger partial charge in [-0.3, -0.25) is 4.79 Å². The van der Waals surface area contributed by atoms with Crippen molar-refractivity contribution in [2.24, 2.45) is 5.73 Å². The molecule has 0 saturated carbocycles. The average molecular weight is 229 g/mol. The van der Waals surface area contributed by atoms with Crippen LogP contribution in [0.3, 0.4) is 0 Å². The number of carbonyl (C=O) groups is 3. The van der Waals surface area contributed by atoms with Crippen LogP contribution in [-0.2, 0) is 9.59 Å². The largest absolute Gasteiger partial charge is 0.480 e. The minimum atomic E-state index is -1.31. The first-order valence-electron chi connectivity index (χ1n) is 4.63. The van der Waals surface area contributed by atoms with Gasteiger partial charge in [-0.2, -0.15) is 0 Å². The number of aliphatic carboxylic acids is 1. The first kappa shape index (κ1) is 13.9. The summed E-state index contributed by atoms with van der Waals surface area (Å²) in [4.78, 5) is 32.3. The van der Waals surface area contributed by atoms with E-state index in [1.165, 1.54) is 0 Å². The molecular formula is C9H15N3O4. The zero-order valence-electron chi connectivity index (χ0n) is 8.73. The molecule has 0 aliphatic heterocycles. The second-order valence-corrected chi connectivity index (χ2v) is 3.04. The number of carboxylic acid groups (broad SMARTS) is 1. The Hall–Kier alpha value is -2.05. The molecule has 0 saturated heterocycles. The van der Waals surface area contributed by atoms with E-state index in [0.29, 0.717) is 13.0 Å². The summed E-state index contributed by atoms with van der Waals surface area (Å²) >= 11 is 0. The second-order valence-electron chi connectivity index (χ2n) is 3.04. The van der Waals surface area contributed by atoms with E-state index in [9.17, 15) is 14.4 Å². The molecule has 90 valence electrons. The summed E-state index contributed by atoms with van der Waals surface area (Å²) in [5, 5.41) is 13.2. The van der Waals surface area contributed by atoms with Crippen LogP contribution in [0.15, 0.2) is 12.7 Å². The Bertz CT molecular complexity index is 290. The van der Waals surface area contributed by atoms with Gasteiger partial charge < -0.3 is 21.5 Å². The molecular weight excluding hydrogens is 214 g/mol. The highest BCUT2D eigenvalue weighted by Gasteiger charge is 2.21. The number of urea groups is 1. The summed E-state index contributed by atoms with van der Waals surface area (Å²) in [7, 11) is 0. The van der Waals surface area contributed by atoms with Crippen LogP contribution in [0.2, 0.25) is 0 Å². The fourth-order valence-corrected chi connectivity index (χ4v) is 0.898. The van der Waals surface area contributed by atoms with Crippen LogP contribution in [0.4, 0.5) is 4.79 Å². The van der Waals surface area contributed by atoms with Crippen molar-refractivity contribution in [1.29, 1.82) is 0 Å². The molecule has 0 aliphatic carbocycles. The van der Waals surface area contributed by atoms with Crippen molar-refractivity contribution in [3.05, 3.63) is 12.7 Å². The average Bonchev–Trinajstić information content (AvgIpc) is 2.16. The molecule has 0 rings (SSSR count). The van der Waals surface area contributed by atoms with E-state index in [-0.39, 0.29) is 0 Å². The van der Waals surface area contributed by atoms with Crippen molar-refractivity contribution in [2.45, 2.75) is 18.9 Å². The summed E-state index contributed by atoms with van der Waals surface area (Å²) in [6.45, 7) is 3.80. The molecule has 0 aromatic heterocycles. The summed E-state index contributed by atoms with van der Waals surface area (Å²) in [6, 6.07) is -1.96. The zero-order valence-corrected chi connectivity index (χ0v) is 8.73. The molecule has 5 N–H and O–H groups in total. The number of hydrogen-bond acceptors (Lipinski definition) is 3. The van der Waals surface area contributed by atoms with Crippen molar-refractivity contribution in [1.82, 2.24) is 10.6 Å². The minimum absolute atomic E-state index is 0.345. The standard InChI is InChI=1S/C9H15N3O4/c1-2-3-4-11-9(16)12-6(8(14)15)5-7(10)13/h2,6H,1,3-5H2,(H2,10,13)(H,14,15)(H2,11,12,16). The third-order valence-corrected chi connectivity index (χ3v) is 1.64. The van der Waals surface area contributed by atoms with Gasteiger partial charge in [0.2, 0.25) is 5.91 Å². The van der Waals surface area contributed by atoms with Crippen molar-refractivity contribution in [3.8, 4) is 0 Å². The van der Waals surface area contributed by atoms with Gasteiger partial charge in [0.1, 0.15) is 6.04 Å². The number of hydrogen-bond donors (Lipinski definition) is 4. The molecule has 1 unspecified atom stereocenters. The van der Waals surface area contributed by atoms with Gasteiger partial charge in [0.05, 0.1) is 6.42 Å². The van der Waals surface area contributed by atoms with Crippen LogP contribution in [0.5, 0.6) is 0 Å². The second kappa shape index (κ2) is 7.27. The molecule has 7 nitrogen and oxygen atoms in total. The molecule has 0 aliphatic rings. The molecule has 1 atom stereocenters. The molecule has 3 amide bonds. The van der Waals surface area contributed by atoms with Crippen molar-refractivity contribution in [2.75, 3.05) is 6.54 Å². The lowest BCUT2D eigenvalue weighted by atomic mass is 10.2. The maximum absolute atomic E-state index is 11.1. The van der Waals surface area contributed by atoms with Crippen LogP contribution in [0, 0.1) is 0 Å². The van der Waals surface area contributed by atoms with E-state index < -0.39 is 30.4 Å². The Labute approximate surface area is 92.7 Å². The van der Waals surface area contributed by atoms with Crippen LogP contribution in [0.1, 0.15) is 12.8 Å². The van der Waals surface area contributed by atoms with Gasteiger partial charge in [-0.1, -0.05) is 6.08 Å². The fraction of sp³-hybridized carbons (Fsp3) is 0.444. The van der Waals surface area contributed by atoms with Crippen LogP contribution in [0.25, 0.3) is 0 Å². The van der Waals surface area contributed by atoms with E-state index in [2.05, 4.69) is 17.2 Å². The fourth-order valence-electron chi connectivity index (χ4n) is 0.898. The Balaban J connectivity index is 4.08. The Morgan fingerprint density at radius 1 is 1.44 bits per heavy atom. The predicted octanol–water partition coefficient (Wildman–Crippen LogP) is -0.810. The van der Waals surface area contributed by atoms with E-state index >= 15 is 0 Å². The van der Waals surface area contributed by atoms with Crippen molar-refractivity contribution >= 4 is 17.9 Å². The summed E-state index contributed by atoms with van der Waals surface area (Å²) in [5.41, 5.74) is 4.84. The maximum atomic E-state index is 11.1. The van der Waals surface area contributed by atoms with E-state index in [1.807, 2.05) is 0 Å². The molecule has 0 aromatic carbocycles. The number of primary amides is 1. The zero-order chi connectivity index (χ0) is 12.6. The van der Waals surface area contributed by atoms with Gasteiger partial charge in [0, 0.05) is 6.54 Å². The quantitative estimate of drug-likeness (QED) is 0.337. The minimum Gasteiger partial charge on any atom is -0.480 e. The highest BCUT2D eigenvalue weighted by Crippen LogP contribution is 1.91. The van der Waals surface area contributed by atoms with E-state index in [1.54, 1.807) is 6.08 Å². The van der Waals surface area contributed by atoms with Crippen LogP contribution < -0.4 is 16.4 Å². The van der Waals surface area contributed by atoms with Crippen LogP contribution in [-0.4, -0.2) is 35.6 Å². The third kappa shape index (κ3) is 6.41. The molecule has 0 bridgehead atoms.